The summed E-state index contributed by atoms with van der Waals surface area (Å²) in [6.07, 6.45) is -2.18. The van der Waals surface area contributed by atoms with Gasteiger partial charge in [0, 0.05) is 38.3 Å². The fraction of sp³-hybridized carbons (Fsp3) is 0.455. The maximum Gasteiger partial charge on any atom is 0.417 e. The number of carbonyl (C=O) groups is 1. The molecule has 2 N–H and O–H groups in total. The molecule has 0 saturated carbocycles. The standard InChI is InChI=1S/C22H27F3N4O3S/c1-16-3-6-19(7-4-16)33(31,32)29-13-9-17(10-14-29)21(30)27-12-2-11-26-20-8-5-18(15-28-20)22(23,24)25/h3-8,15,17H,2,9-14H2,1H3,(H,26,28)(H,27,30). The van der Waals surface area contributed by atoms with Crippen molar-refractivity contribution in [3.8, 4) is 0 Å². The average molecular weight is 485 g/mol. The number of halogens is 3. The minimum absolute atomic E-state index is 0.116. The fourth-order valence-corrected chi connectivity index (χ4v) is 5.01. The Hall–Kier alpha value is -2.66. The third-order valence-electron chi connectivity index (χ3n) is 5.53. The maximum atomic E-state index is 12.8. The van der Waals surface area contributed by atoms with Crippen LogP contribution in [0.1, 0.15) is 30.4 Å². The molecule has 0 unspecified atom stereocenters. The zero-order chi connectivity index (χ0) is 24.1. The van der Waals surface area contributed by atoms with E-state index in [0.717, 1.165) is 17.8 Å². The number of alkyl halides is 3. The summed E-state index contributed by atoms with van der Waals surface area (Å²) in [5.74, 6) is -0.0365. The number of amides is 1. The van der Waals surface area contributed by atoms with Crippen LogP contribution in [0.2, 0.25) is 0 Å². The zero-order valence-corrected chi connectivity index (χ0v) is 19.0. The van der Waals surface area contributed by atoms with E-state index in [1.165, 1.54) is 10.4 Å². The van der Waals surface area contributed by atoms with Crippen molar-refractivity contribution in [3.05, 3.63) is 53.7 Å². The summed E-state index contributed by atoms with van der Waals surface area (Å²) in [7, 11) is -3.56. The largest absolute Gasteiger partial charge is 0.417 e. The first-order valence-electron chi connectivity index (χ1n) is 10.7. The Bertz CT molecular complexity index is 1030. The maximum absolute atomic E-state index is 12.8. The molecule has 1 aliphatic heterocycles. The Balaban J connectivity index is 1.37. The molecule has 33 heavy (non-hydrogen) atoms. The third kappa shape index (κ3) is 6.67. The van der Waals surface area contributed by atoms with Gasteiger partial charge in [-0.2, -0.15) is 17.5 Å². The molecule has 1 saturated heterocycles. The van der Waals surface area contributed by atoms with Crippen molar-refractivity contribution in [1.82, 2.24) is 14.6 Å². The fourth-order valence-electron chi connectivity index (χ4n) is 3.54. The van der Waals surface area contributed by atoms with Gasteiger partial charge in [-0.05, 0) is 50.5 Å². The predicted octanol–water partition coefficient (Wildman–Crippen LogP) is 3.43. The van der Waals surface area contributed by atoms with Crippen LogP contribution >= 0.6 is 0 Å². The van der Waals surface area contributed by atoms with Gasteiger partial charge in [-0.3, -0.25) is 4.79 Å². The predicted molar refractivity (Wildman–Crippen MR) is 118 cm³/mol. The van der Waals surface area contributed by atoms with Gasteiger partial charge in [0.25, 0.3) is 0 Å². The van der Waals surface area contributed by atoms with Gasteiger partial charge in [0.2, 0.25) is 15.9 Å². The van der Waals surface area contributed by atoms with Crippen molar-refractivity contribution >= 4 is 21.7 Å². The van der Waals surface area contributed by atoms with Crippen molar-refractivity contribution in [2.45, 2.75) is 37.3 Å². The second-order valence-corrected chi connectivity index (χ2v) is 9.93. The number of pyridine rings is 1. The van der Waals surface area contributed by atoms with Gasteiger partial charge in [0.15, 0.2) is 0 Å². The molecular formula is C22H27F3N4O3S. The number of benzene rings is 1. The van der Waals surface area contributed by atoms with E-state index in [0.29, 0.717) is 38.2 Å². The van der Waals surface area contributed by atoms with Crippen LogP contribution in [0.4, 0.5) is 19.0 Å². The molecule has 1 aliphatic rings. The Labute approximate surface area is 191 Å². The number of carbonyl (C=O) groups excluding carboxylic acids is 1. The highest BCUT2D eigenvalue weighted by Gasteiger charge is 2.32. The number of aromatic nitrogens is 1. The minimum atomic E-state index is -4.42. The van der Waals surface area contributed by atoms with Crippen LogP contribution in [0.3, 0.4) is 0 Å². The molecule has 1 aromatic carbocycles. The lowest BCUT2D eigenvalue weighted by Gasteiger charge is -2.30. The van der Waals surface area contributed by atoms with E-state index in [-0.39, 0.29) is 29.8 Å². The van der Waals surface area contributed by atoms with Crippen LogP contribution < -0.4 is 10.6 Å². The zero-order valence-electron chi connectivity index (χ0n) is 18.2. The Morgan fingerprint density at radius 2 is 1.76 bits per heavy atom. The van der Waals surface area contributed by atoms with E-state index in [2.05, 4.69) is 15.6 Å². The van der Waals surface area contributed by atoms with Crippen LogP contribution in [-0.4, -0.2) is 49.8 Å². The van der Waals surface area contributed by atoms with Crippen molar-refractivity contribution in [3.63, 3.8) is 0 Å². The average Bonchev–Trinajstić information content (AvgIpc) is 2.79. The van der Waals surface area contributed by atoms with E-state index >= 15 is 0 Å². The summed E-state index contributed by atoms with van der Waals surface area (Å²) in [5.41, 5.74) is 0.174. The van der Waals surface area contributed by atoms with E-state index in [1.54, 1.807) is 24.3 Å². The first-order valence-corrected chi connectivity index (χ1v) is 12.1. The van der Waals surface area contributed by atoms with Crippen molar-refractivity contribution in [2.75, 3.05) is 31.5 Å². The third-order valence-corrected chi connectivity index (χ3v) is 7.45. The highest BCUT2D eigenvalue weighted by Crippen LogP contribution is 2.29. The van der Waals surface area contributed by atoms with E-state index in [9.17, 15) is 26.4 Å². The van der Waals surface area contributed by atoms with Gasteiger partial charge in [0.1, 0.15) is 5.82 Å². The molecule has 1 fully saturated rings. The van der Waals surface area contributed by atoms with E-state index in [4.69, 9.17) is 0 Å². The molecule has 0 aliphatic carbocycles. The smallest absolute Gasteiger partial charge is 0.370 e. The van der Waals surface area contributed by atoms with Gasteiger partial charge in [0.05, 0.1) is 10.5 Å². The first-order chi connectivity index (χ1) is 15.6. The second kappa shape index (κ2) is 10.5. The van der Waals surface area contributed by atoms with Crippen molar-refractivity contribution < 1.29 is 26.4 Å². The molecule has 2 aromatic rings. The lowest BCUT2D eigenvalue weighted by molar-refractivity contribution is -0.137. The Morgan fingerprint density at radius 3 is 2.33 bits per heavy atom. The Kier molecular flexibility index (Phi) is 7.96. The molecule has 3 rings (SSSR count). The number of sulfonamides is 1. The molecular weight excluding hydrogens is 457 g/mol. The topological polar surface area (TPSA) is 91.4 Å². The van der Waals surface area contributed by atoms with Crippen molar-refractivity contribution in [1.29, 1.82) is 0 Å². The minimum Gasteiger partial charge on any atom is -0.370 e. The number of hydrogen-bond acceptors (Lipinski definition) is 5. The second-order valence-electron chi connectivity index (χ2n) is 7.99. The normalized spacial score (nSPS) is 15.9. The molecule has 1 amide bonds. The number of nitrogens with one attached hydrogen (secondary N) is 2. The molecule has 1 aromatic heterocycles. The number of nitrogens with zero attached hydrogens (tertiary/aromatic N) is 2. The Morgan fingerprint density at radius 1 is 1.09 bits per heavy atom. The number of hydrogen-bond donors (Lipinski definition) is 2. The molecule has 7 nitrogen and oxygen atoms in total. The van der Waals surface area contributed by atoms with Gasteiger partial charge in [-0.1, -0.05) is 17.7 Å². The summed E-state index contributed by atoms with van der Waals surface area (Å²) in [5, 5.41) is 5.76. The molecule has 0 atom stereocenters. The van der Waals surface area contributed by atoms with Gasteiger partial charge < -0.3 is 10.6 Å². The van der Waals surface area contributed by atoms with E-state index < -0.39 is 21.8 Å². The molecule has 180 valence electrons. The highest BCUT2D eigenvalue weighted by atomic mass is 32.2. The van der Waals surface area contributed by atoms with Gasteiger partial charge >= 0.3 is 6.18 Å². The summed E-state index contributed by atoms with van der Waals surface area (Å²) in [4.78, 5) is 16.4. The lowest BCUT2D eigenvalue weighted by atomic mass is 9.97. The highest BCUT2D eigenvalue weighted by molar-refractivity contribution is 7.89. The summed E-state index contributed by atoms with van der Waals surface area (Å²) >= 11 is 0. The lowest BCUT2D eigenvalue weighted by Crippen LogP contribution is -2.43. The number of anilines is 1. The molecule has 0 spiro atoms. The molecule has 0 radical (unpaired) electrons. The van der Waals surface area contributed by atoms with E-state index in [1.807, 2.05) is 6.92 Å². The summed E-state index contributed by atoms with van der Waals surface area (Å²) in [6, 6.07) is 8.93. The number of rotatable bonds is 8. The van der Waals surface area contributed by atoms with Crippen molar-refractivity contribution in [2.24, 2.45) is 5.92 Å². The SMILES string of the molecule is Cc1ccc(S(=O)(=O)N2CCC(C(=O)NCCCNc3ccc(C(F)(F)F)cn3)CC2)cc1. The summed E-state index contributed by atoms with van der Waals surface area (Å²) < 4.78 is 64.6. The number of piperidine rings is 1. The van der Waals surface area contributed by atoms with Crippen LogP contribution in [-0.2, 0) is 21.0 Å². The number of aryl methyl sites for hydroxylation is 1. The van der Waals surface area contributed by atoms with Crippen LogP contribution in [0, 0.1) is 12.8 Å². The van der Waals surface area contributed by atoms with Crippen LogP contribution in [0.5, 0.6) is 0 Å². The monoisotopic (exact) mass is 484 g/mol. The van der Waals surface area contributed by atoms with Crippen LogP contribution in [0.25, 0.3) is 0 Å². The van der Waals surface area contributed by atoms with Gasteiger partial charge in [-0.25, -0.2) is 13.4 Å². The quantitative estimate of drug-likeness (QED) is 0.561. The first kappa shape index (κ1) is 25.0. The van der Waals surface area contributed by atoms with Crippen LogP contribution in [0.15, 0.2) is 47.5 Å². The molecule has 2 heterocycles. The van der Waals surface area contributed by atoms with Gasteiger partial charge in [-0.15, -0.1) is 0 Å². The summed E-state index contributed by atoms with van der Waals surface area (Å²) in [6.45, 7) is 3.30. The molecule has 11 heteroatoms. The molecule has 0 bridgehead atoms.